The van der Waals surface area contributed by atoms with Crippen LogP contribution in [0.2, 0.25) is 0 Å². The van der Waals surface area contributed by atoms with Crippen LogP contribution in [0.15, 0.2) is 18.2 Å². The molecule has 10 nitrogen and oxygen atoms in total. The van der Waals surface area contributed by atoms with E-state index >= 15 is 0 Å². The smallest absolute Gasteiger partial charge is 0.414 e. The second-order valence-corrected chi connectivity index (χ2v) is 7.35. The molecule has 2 aliphatic heterocycles. The van der Waals surface area contributed by atoms with Gasteiger partial charge < -0.3 is 19.3 Å². The summed E-state index contributed by atoms with van der Waals surface area (Å²) in [5, 5.41) is 0.502. The lowest BCUT2D eigenvalue weighted by atomic mass is 10.2. The number of halogens is 1. The van der Waals surface area contributed by atoms with Gasteiger partial charge in [0, 0.05) is 32.7 Å². The highest BCUT2D eigenvalue weighted by molar-refractivity contribution is 7.96. The van der Waals surface area contributed by atoms with E-state index in [4.69, 9.17) is 14.3 Å². The first kappa shape index (κ1) is 22.9. The molecule has 0 N–H and O–H groups in total. The second-order valence-electron chi connectivity index (χ2n) is 6.97. The fourth-order valence-electron chi connectivity index (χ4n) is 3.45. The molecular formula is C19H25FN4O6S. The molecule has 1 aromatic rings. The first-order chi connectivity index (χ1) is 14.8. The van der Waals surface area contributed by atoms with Crippen molar-refractivity contribution >= 4 is 41.4 Å². The van der Waals surface area contributed by atoms with Gasteiger partial charge in [0.15, 0.2) is 0 Å². The number of benzene rings is 1. The maximum Gasteiger partial charge on any atom is 0.414 e. The minimum absolute atomic E-state index is 0.0204. The van der Waals surface area contributed by atoms with E-state index < -0.39 is 29.3 Å². The zero-order valence-corrected chi connectivity index (χ0v) is 18.2. The summed E-state index contributed by atoms with van der Waals surface area (Å²) in [7, 11) is 1.33. The predicted molar refractivity (Wildman–Crippen MR) is 113 cm³/mol. The first-order valence-electron chi connectivity index (χ1n) is 9.83. The highest BCUT2D eigenvalue weighted by Gasteiger charge is 2.34. The SMILES string of the molecule is CCN(OC[C@@H]1CN(c2ccc(N3CCN(C(=O)OC)CC3)c(F)c2)C(=O)O1)C(=O)S. The molecule has 0 spiro atoms. The molecule has 0 aliphatic carbocycles. The van der Waals surface area contributed by atoms with Crippen molar-refractivity contribution in [3.05, 3.63) is 24.0 Å². The average Bonchev–Trinajstić information content (AvgIpc) is 3.14. The Morgan fingerprint density at radius 2 is 2.00 bits per heavy atom. The molecule has 0 saturated carbocycles. The van der Waals surface area contributed by atoms with Crippen LogP contribution in [-0.2, 0) is 14.3 Å². The summed E-state index contributed by atoms with van der Waals surface area (Å²) in [6.45, 7) is 3.95. The van der Waals surface area contributed by atoms with E-state index in [-0.39, 0.29) is 13.2 Å². The minimum atomic E-state index is -0.618. The van der Waals surface area contributed by atoms with Crippen LogP contribution in [0.3, 0.4) is 0 Å². The van der Waals surface area contributed by atoms with Crippen LogP contribution in [0.5, 0.6) is 0 Å². The summed E-state index contributed by atoms with van der Waals surface area (Å²) in [6.07, 6.45) is -1.63. The Labute approximate surface area is 184 Å². The van der Waals surface area contributed by atoms with Crippen LogP contribution in [-0.4, -0.2) is 86.5 Å². The molecule has 2 aliphatic rings. The molecule has 31 heavy (non-hydrogen) atoms. The lowest BCUT2D eigenvalue weighted by Gasteiger charge is -2.35. The molecule has 170 valence electrons. The van der Waals surface area contributed by atoms with Crippen LogP contribution in [0.25, 0.3) is 0 Å². The minimum Gasteiger partial charge on any atom is -0.453 e. The molecular weight excluding hydrogens is 431 g/mol. The number of ether oxygens (including phenoxy) is 2. The van der Waals surface area contributed by atoms with Crippen molar-refractivity contribution < 1.29 is 33.1 Å². The van der Waals surface area contributed by atoms with Crippen molar-refractivity contribution in [2.45, 2.75) is 13.0 Å². The molecule has 3 rings (SSSR count). The van der Waals surface area contributed by atoms with Gasteiger partial charge in [-0.2, -0.15) is 0 Å². The summed E-state index contributed by atoms with van der Waals surface area (Å²) in [6, 6.07) is 4.53. The lowest BCUT2D eigenvalue weighted by molar-refractivity contribution is -0.126. The molecule has 2 heterocycles. The second kappa shape index (κ2) is 10.1. The molecule has 0 aromatic heterocycles. The molecule has 3 amide bonds. The number of nitrogens with zero attached hydrogens (tertiary/aromatic N) is 4. The molecule has 1 atom stereocenters. The summed E-state index contributed by atoms with van der Waals surface area (Å²) >= 11 is 3.70. The first-order valence-corrected chi connectivity index (χ1v) is 10.3. The number of methoxy groups -OCH3 is 1. The quantitative estimate of drug-likeness (QED) is 0.519. The Morgan fingerprint density at radius 3 is 2.58 bits per heavy atom. The largest absolute Gasteiger partial charge is 0.453 e. The Hall–Kier alpha value is -2.73. The number of carbonyl (C=O) groups excluding carboxylic acids is 3. The van der Waals surface area contributed by atoms with Crippen molar-refractivity contribution in [2.24, 2.45) is 0 Å². The standard InChI is InChI=1S/C19H25FN4O6S/c1-3-24(19(27)31)29-12-14-11-23(18(26)30-14)13-4-5-16(15(20)10-13)21-6-8-22(9-7-21)17(25)28-2/h4-5,10,14H,3,6-9,11-12H2,1-2H3,(H,27,31)/t14-/m0/s1. The number of hydroxylamine groups is 2. The van der Waals surface area contributed by atoms with Gasteiger partial charge in [-0.05, 0) is 25.1 Å². The molecule has 2 saturated heterocycles. The Balaban J connectivity index is 1.60. The molecule has 0 bridgehead atoms. The van der Waals surface area contributed by atoms with E-state index in [1.54, 1.807) is 24.0 Å². The number of amides is 3. The number of rotatable bonds is 6. The van der Waals surface area contributed by atoms with Crippen LogP contribution >= 0.6 is 12.6 Å². The summed E-state index contributed by atoms with van der Waals surface area (Å²) in [5.74, 6) is -0.477. The van der Waals surface area contributed by atoms with Crippen LogP contribution in [0.4, 0.5) is 30.1 Å². The molecule has 12 heteroatoms. The zero-order chi connectivity index (χ0) is 22.5. The van der Waals surface area contributed by atoms with Gasteiger partial charge >= 0.3 is 17.4 Å². The Kier molecular flexibility index (Phi) is 7.44. The van der Waals surface area contributed by atoms with E-state index in [1.807, 2.05) is 4.90 Å². The number of thiol groups is 1. The van der Waals surface area contributed by atoms with Crippen molar-refractivity contribution in [1.29, 1.82) is 0 Å². The number of anilines is 2. The summed E-state index contributed by atoms with van der Waals surface area (Å²) in [4.78, 5) is 45.1. The van der Waals surface area contributed by atoms with Crippen LogP contribution in [0.1, 0.15) is 6.92 Å². The van der Waals surface area contributed by atoms with E-state index in [1.165, 1.54) is 18.1 Å². The fourth-order valence-corrected chi connectivity index (χ4v) is 3.65. The van der Waals surface area contributed by atoms with Crippen molar-refractivity contribution in [3.8, 4) is 0 Å². The number of carbonyl (C=O) groups is 3. The number of hydrogen-bond acceptors (Lipinski definition) is 7. The molecule has 2 fully saturated rings. The zero-order valence-electron chi connectivity index (χ0n) is 17.3. The summed E-state index contributed by atoms with van der Waals surface area (Å²) in [5.41, 5.74) is 0.756. The van der Waals surface area contributed by atoms with E-state index in [9.17, 15) is 18.8 Å². The number of hydrogen-bond donors (Lipinski definition) is 1. The maximum absolute atomic E-state index is 14.8. The van der Waals surface area contributed by atoms with Gasteiger partial charge in [-0.1, -0.05) is 12.6 Å². The average molecular weight is 456 g/mol. The topological polar surface area (TPSA) is 91.9 Å². The third-order valence-corrected chi connectivity index (χ3v) is 5.31. The van der Waals surface area contributed by atoms with Crippen LogP contribution < -0.4 is 9.80 Å². The van der Waals surface area contributed by atoms with Gasteiger partial charge in [0.1, 0.15) is 18.5 Å². The molecule has 0 unspecified atom stereocenters. The van der Waals surface area contributed by atoms with Gasteiger partial charge in [0.05, 0.1) is 25.0 Å². The highest BCUT2D eigenvalue weighted by Crippen LogP contribution is 2.28. The van der Waals surface area contributed by atoms with Crippen molar-refractivity contribution in [3.63, 3.8) is 0 Å². The van der Waals surface area contributed by atoms with Crippen molar-refractivity contribution in [2.75, 3.05) is 62.8 Å². The lowest BCUT2D eigenvalue weighted by Crippen LogP contribution is -2.49. The third-order valence-electron chi connectivity index (χ3n) is 5.09. The molecule has 1 aromatic carbocycles. The predicted octanol–water partition coefficient (Wildman–Crippen LogP) is 2.34. The van der Waals surface area contributed by atoms with Gasteiger partial charge in [-0.15, -0.1) is 0 Å². The number of cyclic esters (lactones) is 1. The highest BCUT2D eigenvalue weighted by atomic mass is 32.1. The monoisotopic (exact) mass is 456 g/mol. The fraction of sp³-hybridized carbons (Fsp3) is 0.526. The number of piperazine rings is 1. The Bertz CT molecular complexity index is 836. The molecule has 0 radical (unpaired) electrons. The van der Waals surface area contributed by atoms with Crippen LogP contribution in [0, 0.1) is 5.82 Å². The normalized spacial score (nSPS) is 18.8. The van der Waals surface area contributed by atoms with Gasteiger partial charge in [-0.3, -0.25) is 14.5 Å². The Morgan fingerprint density at radius 1 is 1.29 bits per heavy atom. The van der Waals surface area contributed by atoms with E-state index in [0.717, 1.165) is 5.06 Å². The van der Waals surface area contributed by atoms with Gasteiger partial charge in [-0.25, -0.2) is 19.0 Å². The summed E-state index contributed by atoms with van der Waals surface area (Å²) < 4.78 is 24.8. The maximum atomic E-state index is 14.8. The van der Waals surface area contributed by atoms with Crippen molar-refractivity contribution in [1.82, 2.24) is 9.96 Å². The van der Waals surface area contributed by atoms with Gasteiger partial charge in [0.2, 0.25) is 0 Å². The third kappa shape index (κ3) is 5.31. The van der Waals surface area contributed by atoms with E-state index in [2.05, 4.69) is 12.6 Å². The van der Waals surface area contributed by atoms with Gasteiger partial charge in [0.25, 0.3) is 0 Å². The van der Waals surface area contributed by atoms with E-state index in [0.29, 0.717) is 44.1 Å².